The second-order valence-corrected chi connectivity index (χ2v) is 11.4. The molecule has 0 radical (unpaired) electrons. The molecular weight excluding hydrogens is 646 g/mol. The van der Waals surface area contributed by atoms with Crippen LogP contribution >= 0.6 is 23.4 Å². The highest BCUT2D eigenvalue weighted by molar-refractivity contribution is 8.14. The van der Waals surface area contributed by atoms with Gasteiger partial charge in [-0.1, -0.05) is 115 Å². The normalized spacial score (nSPS) is 14.2. The van der Waals surface area contributed by atoms with Gasteiger partial charge in [-0.3, -0.25) is 19.3 Å². The summed E-state index contributed by atoms with van der Waals surface area (Å²) in [6.07, 6.45) is 13.3. The summed E-state index contributed by atoms with van der Waals surface area (Å²) in [6, 6.07) is 21.9. The topological polar surface area (TPSA) is 97.3 Å². The molecule has 3 aromatic rings. The fourth-order valence-electron chi connectivity index (χ4n) is 4.75. The molecular formula is C38H34ClN3O5S. The molecule has 1 aliphatic heterocycles. The van der Waals surface area contributed by atoms with Crippen LogP contribution in [0.2, 0.25) is 5.02 Å². The minimum Gasteiger partial charge on any atom is -0.490 e. The van der Waals surface area contributed by atoms with Crippen LogP contribution in [0.5, 0.6) is 11.5 Å². The third-order valence-electron chi connectivity index (χ3n) is 6.86. The van der Waals surface area contributed by atoms with Crippen molar-refractivity contribution in [2.24, 2.45) is 4.99 Å². The van der Waals surface area contributed by atoms with Crippen molar-refractivity contribution in [1.82, 2.24) is 10.2 Å². The van der Waals surface area contributed by atoms with Gasteiger partial charge in [-0.2, -0.15) is 4.99 Å². The molecule has 0 spiro atoms. The van der Waals surface area contributed by atoms with Crippen molar-refractivity contribution in [2.75, 3.05) is 19.0 Å². The average Bonchev–Trinajstić information content (AvgIpc) is 3.09. The first-order valence-corrected chi connectivity index (χ1v) is 16.4. The second kappa shape index (κ2) is 17.6. The van der Waals surface area contributed by atoms with E-state index in [1.54, 1.807) is 44.2 Å². The van der Waals surface area contributed by atoms with E-state index in [4.69, 9.17) is 27.5 Å². The molecule has 0 aromatic heterocycles. The molecule has 8 nitrogen and oxygen atoms in total. The molecule has 0 unspecified atom stereocenters. The summed E-state index contributed by atoms with van der Waals surface area (Å²) in [6.45, 7) is 7.54. The van der Waals surface area contributed by atoms with Gasteiger partial charge in [0.05, 0.1) is 23.4 Å². The van der Waals surface area contributed by atoms with Crippen LogP contribution in [-0.2, 0) is 14.4 Å². The molecule has 1 N–H and O–H groups in total. The van der Waals surface area contributed by atoms with E-state index < -0.39 is 17.9 Å². The van der Waals surface area contributed by atoms with Gasteiger partial charge in [0.1, 0.15) is 12.2 Å². The number of hydrogen-bond donors (Lipinski definition) is 1. The van der Waals surface area contributed by atoms with E-state index in [9.17, 15) is 14.4 Å². The number of carbonyl (C=O) groups excluding carboxylic acids is 3. The van der Waals surface area contributed by atoms with Crippen LogP contribution in [0.3, 0.4) is 0 Å². The van der Waals surface area contributed by atoms with E-state index in [1.165, 1.54) is 17.0 Å². The number of aliphatic imine (C=N–C) groups is 1. The maximum atomic E-state index is 14.0. The highest BCUT2D eigenvalue weighted by Gasteiger charge is 2.35. The third-order valence-corrected chi connectivity index (χ3v) is 8.07. The second-order valence-electron chi connectivity index (χ2n) is 10.1. The number of amides is 3. The lowest BCUT2D eigenvalue weighted by molar-refractivity contribution is -0.126. The number of allylic oxidation sites excluding steroid dienone is 4. The van der Waals surface area contributed by atoms with E-state index in [0.717, 1.165) is 22.9 Å². The van der Waals surface area contributed by atoms with Gasteiger partial charge in [0.2, 0.25) is 5.91 Å². The molecule has 3 aromatic carbocycles. The van der Waals surface area contributed by atoms with Gasteiger partial charge < -0.3 is 14.8 Å². The quantitative estimate of drug-likeness (QED) is 0.0893. The van der Waals surface area contributed by atoms with E-state index >= 15 is 0 Å². The van der Waals surface area contributed by atoms with E-state index in [2.05, 4.69) is 22.8 Å². The van der Waals surface area contributed by atoms with Gasteiger partial charge in [-0.15, -0.1) is 6.42 Å². The van der Waals surface area contributed by atoms with Gasteiger partial charge in [-0.05, 0) is 54.8 Å². The molecule has 10 heteroatoms. The van der Waals surface area contributed by atoms with Crippen molar-refractivity contribution < 1.29 is 23.9 Å². The predicted octanol–water partition coefficient (Wildman–Crippen LogP) is 7.14. The van der Waals surface area contributed by atoms with Gasteiger partial charge in [0, 0.05) is 5.70 Å². The highest BCUT2D eigenvalue weighted by atomic mass is 35.5. The first-order chi connectivity index (χ1) is 23.3. The number of thioether (sulfide) groups is 1. The van der Waals surface area contributed by atoms with Crippen molar-refractivity contribution in [3.63, 3.8) is 0 Å². The summed E-state index contributed by atoms with van der Waals surface area (Å²) in [5, 5.41) is 3.33. The van der Waals surface area contributed by atoms with Crippen LogP contribution in [0, 0.1) is 12.3 Å². The molecule has 244 valence electrons. The molecule has 3 amide bonds. The van der Waals surface area contributed by atoms with E-state index in [-0.39, 0.29) is 39.8 Å². The van der Waals surface area contributed by atoms with E-state index in [1.807, 2.05) is 60.7 Å². The largest absolute Gasteiger partial charge is 0.490 e. The zero-order valence-electron chi connectivity index (χ0n) is 26.5. The Morgan fingerprint density at radius 1 is 1.10 bits per heavy atom. The number of terminal acetylenes is 1. The fraction of sp³-hybridized carbons (Fsp3) is 0.158. The Morgan fingerprint density at radius 2 is 1.77 bits per heavy atom. The summed E-state index contributed by atoms with van der Waals surface area (Å²) >= 11 is 7.46. The Morgan fingerprint density at radius 3 is 2.35 bits per heavy atom. The molecule has 0 fully saturated rings. The Bertz CT molecular complexity index is 1790. The van der Waals surface area contributed by atoms with Crippen LogP contribution in [0.15, 0.2) is 120 Å². The van der Waals surface area contributed by atoms with Crippen LogP contribution in [0.25, 0.3) is 6.08 Å². The average molecular weight is 680 g/mol. The van der Waals surface area contributed by atoms with Crippen LogP contribution < -0.4 is 14.8 Å². The van der Waals surface area contributed by atoms with Crippen molar-refractivity contribution in [3.05, 3.63) is 137 Å². The molecule has 1 aliphatic rings. The maximum absolute atomic E-state index is 14.0. The fourth-order valence-corrected chi connectivity index (χ4v) is 5.83. The SMILES string of the molecule is C#CCOc1c(Cl)cc(/C=C2\C(=O)N=C(SCC(=O)NC(c3ccccc3)c3ccccc3)N(C(/C=C\C=C)=C/C)C2=O)cc1OCC. The Labute approximate surface area is 289 Å². The van der Waals surface area contributed by atoms with Crippen molar-refractivity contribution in [2.45, 2.75) is 19.9 Å². The zero-order chi connectivity index (χ0) is 34.5. The van der Waals surface area contributed by atoms with Gasteiger partial charge in [0.25, 0.3) is 11.8 Å². The van der Waals surface area contributed by atoms with Crippen LogP contribution in [0.1, 0.15) is 36.6 Å². The number of ether oxygens (including phenoxy) is 2. The Balaban J connectivity index is 1.65. The first kappa shape index (κ1) is 35.6. The number of nitrogens with zero attached hydrogens (tertiary/aromatic N) is 2. The summed E-state index contributed by atoms with van der Waals surface area (Å²) in [7, 11) is 0. The molecule has 0 saturated carbocycles. The number of benzene rings is 3. The van der Waals surface area contributed by atoms with Crippen molar-refractivity contribution in [3.8, 4) is 23.8 Å². The Hall–Kier alpha value is -5.30. The smallest absolute Gasteiger partial charge is 0.285 e. The van der Waals surface area contributed by atoms with Crippen molar-refractivity contribution >= 4 is 52.3 Å². The highest BCUT2D eigenvalue weighted by Crippen LogP contribution is 2.38. The lowest BCUT2D eigenvalue weighted by Gasteiger charge is -2.28. The molecule has 0 aliphatic carbocycles. The molecule has 1 heterocycles. The molecule has 48 heavy (non-hydrogen) atoms. The van der Waals surface area contributed by atoms with Crippen LogP contribution in [-0.4, -0.2) is 46.8 Å². The molecule has 4 rings (SSSR count). The lowest BCUT2D eigenvalue weighted by atomic mass is 9.99. The minimum atomic E-state index is -0.768. The summed E-state index contributed by atoms with van der Waals surface area (Å²) < 4.78 is 11.2. The summed E-state index contributed by atoms with van der Waals surface area (Å²) in [4.78, 5) is 46.4. The van der Waals surface area contributed by atoms with E-state index in [0.29, 0.717) is 23.6 Å². The molecule has 0 saturated heterocycles. The van der Waals surface area contributed by atoms with Crippen molar-refractivity contribution in [1.29, 1.82) is 0 Å². The van der Waals surface area contributed by atoms with Gasteiger partial charge in [-0.25, -0.2) is 0 Å². The number of rotatable bonds is 13. The number of carbonyl (C=O) groups is 3. The lowest BCUT2D eigenvalue weighted by Crippen LogP contribution is -2.42. The number of hydrogen-bond acceptors (Lipinski definition) is 6. The Kier molecular flexibility index (Phi) is 13.0. The van der Waals surface area contributed by atoms with Crippen LogP contribution in [0.4, 0.5) is 0 Å². The van der Waals surface area contributed by atoms with Gasteiger partial charge >= 0.3 is 0 Å². The maximum Gasteiger partial charge on any atom is 0.285 e. The monoisotopic (exact) mass is 679 g/mol. The minimum absolute atomic E-state index is 0.0249. The summed E-state index contributed by atoms with van der Waals surface area (Å²) in [5.41, 5.74) is 2.46. The first-order valence-electron chi connectivity index (χ1n) is 15.0. The zero-order valence-corrected chi connectivity index (χ0v) is 28.1. The predicted molar refractivity (Wildman–Crippen MR) is 193 cm³/mol. The number of nitrogens with one attached hydrogen (secondary N) is 1. The molecule has 0 atom stereocenters. The summed E-state index contributed by atoms with van der Waals surface area (Å²) in [5.74, 6) is 1.12. The number of halogens is 1. The standard InChI is InChI=1S/C38H34ClN3O5S/c1-5-9-20-29(7-3)42-37(45)30(22-26-23-31(39)35(47-21-6-2)32(24-26)46-8-4)36(44)41-38(42)48-25-33(43)40-34(27-16-12-10-13-17-27)28-18-14-11-15-19-28/h2,5,7,9-20,22-24,34H,1,8,21,25H2,3-4H3,(H,40,43)/b20-9-,29-7+,30-22+. The molecule has 0 bridgehead atoms. The van der Waals surface area contributed by atoms with Gasteiger partial charge in [0.15, 0.2) is 16.7 Å². The third kappa shape index (κ3) is 8.94. The number of amidine groups is 1.